The van der Waals surface area contributed by atoms with E-state index in [0.29, 0.717) is 16.2 Å². The van der Waals surface area contributed by atoms with Crippen LogP contribution in [0, 0.1) is 12.8 Å². The molecule has 0 spiro atoms. The molecule has 0 atom stereocenters. The zero-order valence-corrected chi connectivity index (χ0v) is 18.1. The number of benzene rings is 2. The number of esters is 2. The van der Waals surface area contributed by atoms with Crippen molar-refractivity contribution in [2.24, 2.45) is 5.92 Å². The van der Waals surface area contributed by atoms with Crippen LogP contribution in [-0.4, -0.2) is 26.2 Å². The standard InChI is InChI=1S/C25H25ClO4/c1-16-4-6-17(7-5-16)8-9-18-14-21(24(27)29-2)23(22(15-18)25(28)30-3)19-10-12-20(26)13-11-19/h4-7,10-15,18,23H,8-9H2,1-3H3. The van der Waals surface area contributed by atoms with Crippen molar-refractivity contribution in [1.82, 2.24) is 0 Å². The molecule has 1 aliphatic carbocycles. The lowest BCUT2D eigenvalue weighted by atomic mass is 9.76. The van der Waals surface area contributed by atoms with Crippen LogP contribution in [-0.2, 0) is 25.5 Å². The second-order valence-electron chi connectivity index (χ2n) is 7.40. The Morgan fingerprint density at radius 1 is 0.867 bits per heavy atom. The van der Waals surface area contributed by atoms with Gasteiger partial charge in [0.15, 0.2) is 0 Å². The minimum atomic E-state index is -0.558. The second-order valence-corrected chi connectivity index (χ2v) is 7.84. The van der Waals surface area contributed by atoms with E-state index in [2.05, 4.69) is 31.2 Å². The van der Waals surface area contributed by atoms with Crippen molar-refractivity contribution in [3.8, 4) is 0 Å². The van der Waals surface area contributed by atoms with Gasteiger partial charge in [-0.15, -0.1) is 0 Å². The van der Waals surface area contributed by atoms with Crippen LogP contribution in [0.25, 0.3) is 0 Å². The molecular formula is C25H25ClO4. The third-order valence-electron chi connectivity index (χ3n) is 5.34. The largest absolute Gasteiger partial charge is 0.466 e. The normalized spacial score (nSPS) is 18.3. The maximum Gasteiger partial charge on any atom is 0.334 e. The molecule has 156 valence electrons. The fourth-order valence-corrected chi connectivity index (χ4v) is 3.87. The second kappa shape index (κ2) is 9.77. The van der Waals surface area contributed by atoms with E-state index in [0.717, 1.165) is 18.4 Å². The molecule has 0 unspecified atom stereocenters. The summed E-state index contributed by atoms with van der Waals surface area (Å²) in [6.45, 7) is 2.05. The van der Waals surface area contributed by atoms with E-state index in [1.807, 2.05) is 24.3 Å². The van der Waals surface area contributed by atoms with Crippen LogP contribution in [0.3, 0.4) is 0 Å². The predicted molar refractivity (Wildman–Crippen MR) is 117 cm³/mol. The van der Waals surface area contributed by atoms with Gasteiger partial charge < -0.3 is 9.47 Å². The molecule has 0 aliphatic heterocycles. The van der Waals surface area contributed by atoms with E-state index in [9.17, 15) is 9.59 Å². The van der Waals surface area contributed by atoms with Crippen LogP contribution in [0.2, 0.25) is 5.02 Å². The first-order valence-corrected chi connectivity index (χ1v) is 10.2. The van der Waals surface area contributed by atoms with Crippen molar-refractivity contribution < 1.29 is 19.1 Å². The Morgan fingerprint density at radius 2 is 1.40 bits per heavy atom. The molecule has 0 fully saturated rings. The Kier molecular flexibility index (Phi) is 7.11. The molecule has 0 radical (unpaired) electrons. The Hall–Kier alpha value is -2.85. The maximum absolute atomic E-state index is 12.6. The van der Waals surface area contributed by atoms with Crippen molar-refractivity contribution in [2.75, 3.05) is 14.2 Å². The molecule has 0 heterocycles. The molecule has 2 aromatic carbocycles. The van der Waals surface area contributed by atoms with Crippen molar-refractivity contribution >= 4 is 23.5 Å². The molecule has 30 heavy (non-hydrogen) atoms. The first-order valence-electron chi connectivity index (χ1n) is 9.84. The van der Waals surface area contributed by atoms with Gasteiger partial charge in [-0.2, -0.15) is 0 Å². The minimum absolute atomic E-state index is 0.0851. The molecular weight excluding hydrogens is 400 g/mol. The van der Waals surface area contributed by atoms with E-state index in [1.54, 1.807) is 12.1 Å². The van der Waals surface area contributed by atoms with Crippen LogP contribution in [0.15, 0.2) is 71.8 Å². The lowest BCUT2D eigenvalue weighted by Crippen LogP contribution is -2.25. The van der Waals surface area contributed by atoms with Gasteiger partial charge >= 0.3 is 11.9 Å². The number of methoxy groups -OCH3 is 2. The summed E-state index contributed by atoms with van der Waals surface area (Å²) in [5.74, 6) is -1.55. The summed E-state index contributed by atoms with van der Waals surface area (Å²) in [4.78, 5) is 25.3. The number of rotatable bonds is 6. The van der Waals surface area contributed by atoms with Crippen molar-refractivity contribution in [3.63, 3.8) is 0 Å². The number of hydrogen-bond acceptors (Lipinski definition) is 4. The molecule has 0 aromatic heterocycles. The highest BCUT2D eigenvalue weighted by molar-refractivity contribution is 6.30. The summed E-state index contributed by atoms with van der Waals surface area (Å²) >= 11 is 6.02. The average molecular weight is 425 g/mol. The number of hydrogen-bond donors (Lipinski definition) is 0. The van der Waals surface area contributed by atoms with Gasteiger partial charge in [0.1, 0.15) is 0 Å². The zero-order valence-electron chi connectivity index (χ0n) is 17.4. The SMILES string of the molecule is COC(=O)C1=CC(CCc2ccc(C)cc2)C=C(C(=O)OC)C1c1ccc(Cl)cc1. The summed E-state index contributed by atoms with van der Waals surface area (Å²) in [5.41, 5.74) is 4.09. The average Bonchev–Trinajstić information content (AvgIpc) is 2.77. The van der Waals surface area contributed by atoms with Crippen LogP contribution in [0.5, 0.6) is 0 Å². The summed E-state index contributed by atoms with van der Waals surface area (Å²) in [6.07, 6.45) is 5.40. The van der Waals surface area contributed by atoms with Gasteiger partial charge in [0.05, 0.1) is 14.2 Å². The van der Waals surface area contributed by atoms with Gasteiger partial charge in [0, 0.05) is 22.1 Å². The lowest BCUT2D eigenvalue weighted by molar-refractivity contribution is -0.137. The van der Waals surface area contributed by atoms with Gasteiger partial charge in [-0.25, -0.2) is 9.59 Å². The molecule has 0 N–H and O–H groups in total. The third-order valence-corrected chi connectivity index (χ3v) is 5.59. The Labute approximate surface area is 182 Å². The molecule has 5 heteroatoms. The van der Waals surface area contributed by atoms with Crippen LogP contribution < -0.4 is 0 Å². The van der Waals surface area contributed by atoms with Gasteiger partial charge in [-0.05, 0) is 48.9 Å². The van der Waals surface area contributed by atoms with Crippen LogP contribution in [0.4, 0.5) is 0 Å². The van der Waals surface area contributed by atoms with Crippen molar-refractivity contribution in [3.05, 3.63) is 93.5 Å². The predicted octanol–water partition coefficient (Wildman–Crippen LogP) is 5.19. The van der Waals surface area contributed by atoms with E-state index in [4.69, 9.17) is 21.1 Å². The zero-order chi connectivity index (χ0) is 21.7. The Bertz CT molecular complexity index is 937. The quantitative estimate of drug-likeness (QED) is 0.598. The van der Waals surface area contributed by atoms with E-state index in [-0.39, 0.29) is 5.92 Å². The van der Waals surface area contributed by atoms with E-state index < -0.39 is 17.9 Å². The minimum Gasteiger partial charge on any atom is -0.466 e. The first kappa shape index (κ1) is 21.8. The topological polar surface area (TPSA) is 52.6 Å². The number of ether oxygens (including phenoxy) is 2. The number of aryl methyl sites for hydroxylation is 2. The summed E-state index contributed by atoms with van der Waals surface area (Å²) in [6, 6.07) is 15.5. The van der Waals surface area contributed by atoms with Crippen LogP contribution in [0.1, 0.15) is 29.0 Å². The van der Waals surface area contributed by atoms with Gasteiger partial charge in [0.25, 0.3) is 0 Å². The highest BCUT2D eigenvalue weighted by Gasteiger charge is 2.35. The Balaban J connectivity index is 1.96. The maximum atomic E-state index is 12.6. The van der Waals surface area contributed by atoms with Gasteiger partial charge in [-0.3, -0.25) is 0 Å². The fourth-order valence-electron chi connectivity index (χ4n) is 3.75. The van der Waals surface area contributed by atoms with Crippen LogP contribution >= 0.6 is 11.6 Å². The monoisotopic (exact) mass is 424 g/mol. The molecule has 0 saturated carbocycles. The molecule has 3 rings (SSSR count). The molecule has 0 amide bonds. The van der Waals surface area contributed by atoms with Crippen molar-refractivity contribution in [1.29, 1.82) is 0 Å². The summed E-state index contributed by atoms with van der Waals surface area (Å²) in [5, 5.41) is 0.581. The third kappa shape index (κ3) is 5.00. The number of carbonyl (C=O) groups excluding carboxylic acids is 2. The summed E-state index contributed by atoms with van der Waals surface area (Å²) in [7, 11) is 2.69. The highest BCUT2D eigenvalue weighted by atomic mass is 35.5. The lowest BCUT2D eigenvalue weighted by Gasteiger charge is -2.27. The van der Waals surface area contributed by atoms with Gasteiger partial charge in [0.2, 0.25) is 0 Å². The summed E-state index contributed by atoms with van der Waals surface area (Å²) < 4.78 is 10.1. The molecule has 2 aromatic rings. The number of halogens is 1. The molecule has 4 nitrogen and oxygen atoms in total. The number of carbonyl (C=O) groups is 2. The first-order chi connectivity index (χ1) is 14.4. The van der Waals surface area contributed by atoms with Crippen molar-refractivity contribution in [2.45, 2.75) is 25.7 Å². The number of allylic oxidation sites excluding steroid dienone is 2. The Morgan fingerprint density at radius 3 is 1.90 bits per heavy atom. The van der Waals surface area contributed by atoms with Gasteiger partial charge in [-0.1, -0.05) is 65.7 Å². The fraction of sp³-hybridized carbons (Fsp3) is 0.280. The van der Waals surface area contributed by atoms with E-state index >= 15 is 0 Å². The molecule has 1 aliphatic rings. The molecule has 0 bridgehead atoms. The molecule has 0 saturated heterocycles. The van der Waals surface area contributed by atoms with E-state index in [1.165, 1.54) is 25.3 Å². The highest BCUT2D eigenvalue weighted by Crippen LogP contribution is 2.39. The smallest absolute Gasteiger partial charge is 0.334 e.